The number of hydrogen-bond acceptors (Lipinski definition) is 2. The summed E-state index contributed by atoms with van der Waals surface area (Å²) in [6.07, 6.45) is 0. The van der Waals surface area contributed by atoms with Crippen molar-refractivity contribution < 1.29 is 4.74 Å². The van der Waals surface area contributed by atoms with Crippen molar-refractivity contribution in [3.8, 4) is 67.3 Å². The Morgan fingerprint density at radius 3 is 1.41 bits per heavy atom. The van der Waals surface area contributed by atoms with Gasteiger partial charge in [0, 0.05) is 27.5 Å². The molecule has 1 aliphatic heterocycles. The van der Waals surface area contributed by atoms with Gasteiger partial charge in [0.1, 0.15) is 11.5 Å². The zero-order chi connectivity index (χ0) is 43.3. The van der Waals surface area contributed by atoms with Crippen LogP contribution < -0.4 is 4.74 Å². The fraction of sp³-hybridized carbons (Fsp3) is 0.0156. The zero-order valence-corrected chi connectivity index (χ0v) is 35.9. The summed E-state index contributed by atoms with van der Waals surface area (Å²) in [7, 11) is 0. The normalized spacial score (nSPS) is 13.1. The molecule has 2 heteroatoms. The van der Waals surface area contributed by atoms with Crippen molar-refractivity contribution >= 4 is 43.2 Å². The Bertz CT molecular complexity index is 3840. The van der Waals surface area contributed by atoms with Gasteiger partial charge in [-0.1, -0.05) is 212 Å². The standard InChI is InChI=1S/C64H39NO/c1-3-17-40(18-4-1)41-31-33-42(34-32-41)61-48-23-7-9-25-50(48)62(51-26-10-8-24-49(51)61)44-35-36-47-52-38-57-60(39-53(52)63(65-58(47)37-44)43-19-5-2-6-20-43)66-59-30-16-15-29-56(59)64(57)54-27-13-11-21-45(54)46-22-12-14-28-55(46)64/h1-39H. The molecule has 0 radical (unpaired) electrons. The average molecular weight is 838 g/mol. The minimum Gasteiger partial charge on any atom is -0.457 e. The van der Waals surface area contributed by atoms with Gasteiger partial charge in [0.15, 0.2) is 0 Å². The summed E-state index contributed by atoms with van der Waals surface area (Å²) in [4.78, 5) is 5.62. The molecule has 0 saturated carbocycles. The van der Waals surface area contributed by atoms with E-state index in [1.807, 2.05) is 0 Å². The van der Waals surface area contributed by atoms with Crippen molar-refractivity contribution in [2.45, 2.75) is 5.41 Å². The number of fused-ring (bicyclic) bond motifs is 14. The van der Waals surface area contributed by atoms with E-state index in [4.69, 9.17) is 9.72 Å². The van der Waals surface area contributed by atoms with E-state index in [0.717, 1.165) is 61.1 Å². The van der Waals surface area contributed by atoms with E-state index in [1.54, 1.807) is 0 Å². The van der Waals surface area contributed by atoms with Crippen LogP contribution in [0, 0.1) is 0 Å². The Morgan fingerprint density at radius 1 is 0.288 bits per heavy atom. The summed E-state index contributed by atoms with van der Waals surface area (Å²) in [5, 5.41) is 8.20. The van der Waals surface area contributed by atoms with Crippen molar-refractivity contribution in [1.82, 2.24) is 4.98 Å². The SMILES string of the molecule is c1ccc(-c2ccc(-c3c4ccccc4c(-c4ccc5c(c4)nc(-c4ccccc4)c4cc6c(cc45)C4(c5ccccc5O6)c5ccccc5-c5ccccc54)c4ccccc34)cc2)cc1. The van der Waals surface area contributed by atoms with Crippen LogP contribution in [0.5, 0.6) is 11.5 Å². The number of ether oxygens (including phenoxy) is 1. The minimum atomic E-state index is -0.574. The highest BCUT2D eigenvalue weighted by molar-refractivity contribution is 6.22. The molecule has 2 nitrogen and oxygen atoms in total. The maximum absolute atomic E-state index is 7.00. The molecule has 0 saturated heterocycles. The molecule has 0 bridgehead atoms. The molecule has 12 aromatic rings. The molecule has 306 valence electrons. The summed E-state index contributed by atoms with van der Waals surface area (Å²) in [6, 6.07) is 86.2. The van der Waals surface area contributed by atoms with Crippen LogP contribution in [0.4, 0.5) is 0 Å². The number of pyridine rings is 1. The molecule has 0 N–H and O–H groups in total. The third-order valence-corrected chi connectivity index (χ3v) is 14.3. The molecule has 14 rings (SSSR count). The van der Waals surface area contributed by atoms with Crippen LogP contribution in [0.2, 0.25) is 0 Å². The molecule has 1 aliphatic carbocycles. The molecule has 0 atom stereocenters. The maximum atomic E-state index is 7.00. The second-order valence-electron chi connectivity index (χ2n) is 17.7. The topological polar surface area (TPSA) is 22.1 Å². The van der Waals surface area contributed by atoms with Gasteiger partial charge in [-0.2, -0.15) is 0 Å². The number of benzene rings is 11. The van der Waals surface area contributed by atoms with Crippen LogP contribution in [0.15, 0.2) is 237 Å². The van der Waals surface area contributed by atoms with E-state index in [0.29, 0.717) is 0 Å². The third-order valence-electron chi connectivity index (χ3n) is 14.3. The lowest BCUT2D eigenvalue weighted by atomic mass is 9.65. The lowest BCUT2D eigenvalue weighted by Gasteiger charge is -2.39. The predicted molar refractivity (Wildman–Crippen MR) is 273 cm³/mol. The minimum absolute atomic E-state index is 0.574. The summed E-state index contributed by atoms with van der Waals surface area (Å²) >= 11 is 0. The molecule has 0 amide bonds. The summed E-state index contributed by atoms with van der Waals surface area (Å²) < 4.78 is 7.00. The monoisotopic (exact) mass is 837 g/mol. The first kappa shape index (κ1) is 36.8. The molecule has 0 unspecified atom stereocenters. The van der Waals surface area contributed by atoms with Gasteiger partial charge in [-0.3, -0.25) is 0 Å². The first-order valence-corrected chi connectivity index (χ1v) is 22.8. The quantitative estimate of drug-likeness (QED) is 0.130. The van der Waals surface area contributed by atoms with Crippen molar-refractivity contribution in [2.24, 2.45) is 0 Å². The highest BCUT2D eigenvalue weighted by Crippen LogP contribution is 2.63. The van der Waals surface area contributed by atoms with Crippen LogP contribution >= 0.6 is 0 Å². The second kappa shape index (κ2) is 14.2. The first-order chi connectivity index (χ1) is 32.7. The number of para-hydroxylation sites is 1. The second-order valence-corrected chi connectivity index (χ2v) is 17.7. The lowest BCUT2D eigenvalue weighted by molar-refractivity contribution is 0.437. The van der Waals surface area contributed by atoms with Crippen molar-refractivity contribution in [1.29, 1.82) is 0 Å². The molecule has 2 heterocycles. The molecular weight excluding hydrogens is 799 g/mol. The van der Waals surface area contributed by atoms with Crippen LogP contribution in [-0.4, -0.2) is 4.98 Å². The van der Waals surface area contributed by atoms with Crippen LogP contribution in [0.1, 0.15) is 22.3 Å². The lowest BCUT2D eigenvalue weighted by Crippen LogP contribution is -2.32. The van der Waals surface area contributed by atoms with Crippen molar-refractivity contribution in [2.75, 3.05) is 0 Å². The van der Waals surface area contributed by atoms with Gasteiger partial charge in [0.25, 0.3) is 0 Å². The molecule has 66 heavy (non-hydrogen) atoms. The highest BCUT2D eigenvalue weighted by Gasteiger charge is 2.51. The highest BCUT2D eigenvalue weighted by atomic mass is 16.5. The molecule has 1 aromatic heterocycles. The van der Waals surface area contributed by atoms with E-state index >= 15 is 0 Å². The molecule has 1 spiro atoms. The number of hydrogen-bond donors (Lipinski definition) is 0. The van der Waals surface area contributed by atoms with Crippen LogP contribution in [-0.2, 0) is 5.41 Å². The Morgan fingerprint density at radius 2 is 0.773 bits per heavy atom. The largest absolute Gasteiger partial charge is 0.457 e. The van der Waals surface area contributed by atoms with Crippen LogP contribution in [0.25, 0.3) is 99.0 Å². The molecule has 0 fully saturated rings. The smallest absolute Gasteiger partial charge is 0.132 e. The predicted octanol–water partition coefficient (Wildman–Crippen LogP) is 16.8. The van der Waals surface area contributed by atoms with E-state index < -0.39 is 5.41 Å². The Kier molecular flexibility index (Phi) is 7.93. The van der Waals surface area contributed by atoms with Gasteiger partial charge in [-0.15, -0.1) is 0 Å². The van der Waals surface area contributed by atoms with E-state index in [2.05, 4.69) is 237 Å². The van der Waals surface area contributed by atoms with E-state index in [-0.39, 0.29) is 0 Å². The number of nitrogens with zero attached hydrogens (tertiary/aromatic N) is 1. The molecule has 2 aliphatic rings. The van der Waals surface area contributed by atoms with Gasteiger partial charge in [0.2, 0.25) is 0 Å². The third kappa shape index (κ3) is 5.21. The summed E-state index contributed by atoms with van der Waals surface area (Å²) in [6.45, 7) is 0. The summed E-state index contributed by atoms with van der Waals surface area (Å²) in [5.41, 5.74) is 17.0. The van der Waals surface area contributed by atoms with Gasteiger partial charge >= 0.3 is 0 Å². The maximum Gasteiger partial charge on any atom is 0.132 e. The van der Waals surface area contributed by atoms with Gasteiger partial charge in [-0.25, -0.2) is 4.98 Å². The molecular formula is C64H39NO. The van der Waals surface area contributed by atoms with Crippen LogP contribution in [0.3, 0.4) is 0 Å². The fourth-order valence-corrected chi connectivity index (χ4v) is 11.5. The van der Waals surface area contributed by atoms with E-state index in [9.17, 15) is 0 Å². The van der Waals surface area contributed by atoms with Gasteiger partial charge < -0.3 is 4.74 Å². The first-order valence-electron chi connectivity index (χ1n) is 22.8. The summed E-state index contributed by atoms with van der Waals surface area (Å²) in [5.74, 6) is 1.74. The van der Waals surface area contributed by atoms with Gasteiger partial charge in [0.05, 0.1) is 16.6 Å². The Hall–Kier alpha value is -8.59. The van der Waals surface area contributed by atoms with Crippen molar-refractivity contribution in [3.05, 3.63) is 259 Å². The Labute approximate surface area is 382 Å². The number of aromatic nitrogens is 1. The average Bonchev–Trinajstić information content (AvgIpc) is 3.68. The molecule has 11 aromatic carbocycles. The van der Waals surface area contributed by atoms with Crippen molar-refractivity contribution in [3.63, 3.8) is 0 Å². The fourth-order valence-electron chi connectivity index (χ4n) is 11.5. The Balaban J connectivity index is 1.03. The number of rotatable bonds is 4. The van der Waals surface area contributed by atoms with E-state index in [1.165, 1.54) is 71.6 Å². The zero-order valence-electron chi connectivity index (χ0n) is 35.9. The van der Waals surface area contributed by atoms with Gasteiger partial charge in [-0.05, 0) is 107 Å².